The molecule has 0 heterocycles. The smallest absolute Gasteiger partial charge is 0.337 e. The van der Waals surface area contributed by atoms with Crippen LogP contribution >= 0.6 is 0 Å². The van der Waals surface area contributed by atoms with E-state index >= 15 is 0 Å². The summed E-state index contributed by atoms with van der Waals surface area (Å²) in [7, 11) is 0. The zero-order valence-electron chi connectivity index (χ0n) is 12.1. The first-order valence-electron chi connectivity index (χ1n) is 6.64. The molecule has 4 nitrogen and oxygen atoms in total. The van der Waals surface area contributed by atoms with Crippen LogP contribution in [0.15, 0.2) is 18.2 Å². The van der Waals surface area contributed by atoms with Crippen LogP contribution in [0.5, 0.6) is 0 Å². The Morgan fingerprint density at radius 2 is 2.11 bits per heavy atom. The van der Waals surface area contributed by atoms with E-state index in [2.05, 4.69) is 19.2 Å². The minimum absolute atomic E-state index is 0.0971. The van der Waals surface area contributed by atoms with E-state index in [4.69, 9.17) is 4.74 Å². The molecule has 1 aromatic carbocycles. The van der Waals surface area contributed by atoms with Crippen LogP contribution in [-0.4, -0.2) is 30.3 Å². The number of ether oxygens (including phenoxy) is 1. The number of nitrogens with one attached hydrogen (secondary N) is 1. The topological polar surface area (TPSA) is 58.6 Å². The molecule has 0 aliphatic rings. The minimum Gasteiger partial charge on any atom is -0.478 e. The van der Waals surface area contributed by atoms with Gasteiger partial charge in [0.05, 0.1) is 18.2 Å². The van der Waals surface area contributed by atoms with Crippen molar-refractivity contribution in [1.82, 2.24) is 0 Å². The zero-order valence-corrected chi connectivity index (χ0v) is 12.1. The highest BCUT2D eigenvalue weighted by atomic mass is 16.5. The van der Waals surface area contributed by atoms with Crippen molar-refractivity contribution >= 4 is 11.7 Å². The Morgan fingerprint density at radius 3 is 2.63 bits per heavy atom. The summed E-state index contributed by atoms with van der Waals surface area (Å²) in [6.07, 6.45) is 0. The summed E-state index contributed by atoms with van der Waals surface area (Å²) in [6.45, 7) is 9.31. The molecule has 1 rings (SSSR count). The highest BCUT2D eigenvalue weighted by molar-refractivity contribution is 5.94. The van der Waals surface area contributed by atoms with Gasteiger partial charge in [0.15, 0.2) is 0 Å². The van der Waals surface area contributed by atoms with Crippen molar-refractivity contribution in [3.63, 3.8) is 0 Å². The van der Waals surface area contributed by atoms with Crippen molar-refractivity contribution in [2.45, 2.75) is 33.7 Å². The van der Waals surface area contributed by atoms with Gasteiger partial charge in [0.1, 0.15) is 0 Å². The zero-order chi connectivity index (χ0) is 14.4. The summed E-state index contributed by atoms with van der Waals surface area (Å²) in [5.74, 6) is -0.560. The molecule has 0 aromatic heterocycles. The quantitative estimate of drug-likeness (QED) is 0.795. The first kappa shape index (κ1) is 15.5. The van der Waals surface area contributed by atoms with Gasteiger partial charge in [-0.25, -0.2) is 4.79 Å². The van der Waals surface area contributed by atoms with Gasteiger partial charge in [0, 0.05) is 12.3 Å². The predicted octanol–water partition coefficient (Wildman–Crippen LogP) is 3.17. The number of carboxylic acids is 1. The molecule has 0 amide bonds. The van der Waals surface area contributed by atoms with E-state index < -0.39 is 5.97 Å². The molecule has 0 aliphatic heterocycles. The molecule has 0 fully saturated rings. The Labute approximate surface area is 114 Å². The van der Waals surface area contributed by atoms with Crippen molar-refractivity contribution in [2.24, 2.45) is 5.92 Å². The van der Waals surface area contributed by atoms with Gasteiger partial charge in [-0.2, -0.15) is 0 Å². The van der Waals surface area contributed by atoms with E-state index in [-0.39, 0.29) is 6.04 Å². The van der Waals surface area contributed by atoms with Crippen LogP contribution in [0.25, 0.3) is 0 Å². The lowest BCUT2D eigenvalue weighted by Crippen LogP contribution is -2.31. The lowest BCUT2D eigenvalue weighted by atomic mass is 10.0. The third-order valence-corrected chi connectivity index (χ3v) is 3.05. The van der Waals surface area contributed by atoms with E-state index in [9.17, 15) is 9.90 Å². The van der Waals surface area contributed by atoms with Crippen molar-refractivity contribution in [3.8, 4) is 0 Å². The summed E-state index contributed by atoms with van der Waals surface area (Å²) in [6, 6.07) is 5.41. The van der Waals surface area contributed by atoms with E-state index in [1.165, 1.54) is 0 Å². The minimum atomic E-state index is -0.915. The number of carboxylic acid groups (broad SMARTS) is 1. The molecule has 19 heavy (non-hydrogen) atoms. The molecule has 1 atom stereocenters. The summed E-state index contributed by atoms with van der Waals surface area (Å²) < 4.78 is 5.45. The maximum absolute atomic E-state index is 11.2. The fourth-order valence-electron chi connectivity index (χ4n) is 1.81. The van der Waals surface area contributed by atoms with Crippen molar-refractivity contribution < 1.29 is 14.6 Å². The van der Waals surface area contributed by atoms with E-state index in [0.717, 1.165) is 5.56 Å². The number of rotatable bonds is 7. The highest BCUT2D eigenvalue weighted by Crippen LogP contribution is 2.20. The van der Waals surface area contributed by atoms with Crippen LogP contribution in [-0.2, 0) is 4.74 Å². The van der Waals surface area contributed by atoms with Gasteiger partial charge in [-0.3, -0.25) is 0 Å². The van der Waals surface area contributed by atoms with E-state index in [1.54, 1.807) is 6.07 Å². The van der Waals surface area contributed by atoms with Crippen LogP contribution in [0.2, 0.25) is 0 Å². The lowest BCUT2D eigenvalue weighted by Gasteiger charge is -2.24. The summed E-state index contributed by atoms with van der Waals surface area (Å²) in [5, 5.41) is 12.5. The first-order chi connectivity index (χ1) is 8.95. The van der Waals surface area contributed by atoms with E-state index in [1.807, 2.05) is 26.0 Å². The van der Waals surface area contributed by atoms with Crippen LogP contribution < -0.4 is 5.32 Å². The van der Waals surface area contributed by atoms with Gasteiger partial charge in [0.2, 0.25) is 0 Å². The molecule has 0 saturated carbocycles. The predicted molar refractivity (Wildman–Crippen MR) is 76.9 cm³/mol. The number of aromatic carboxylic acids is 1. The monoisotopic (exact) mass is 265 g/mol. The molecule has 2 N–H and O–H groups in total. The molecular weight excluding hydrogens is 242 g/mol. The van der Waals surface area contributed by atoms with Gasteiger partial charge in [-0.1, -0.05) is 19.9 Å². The van der Waals surface area contributed by atoms with Gasteiger partial charge in [0.25, 0.3) is 0 Å². The largest absolute Gasteiger partial charge is 0.478 e. The number of carbonyl (C=O) groups is 1. The summed E-state index contributed by atoms with van der Waals surface area (Å²) in [4.78, 5) is 11.2. The first-order valence-corrected chi connectivity index (χ1v) is 6.64. The Morgan fingerprint density at radius 1 is 1.42 bits per heavy atom. The van der Waals surface area contributed by atoms with Crippen LogP contribution in [0.1, 0.15) is 36.7 Å². The van der Waals surface area contributed by atoms with Crippen LogP contribution in [0.3, 0.4) is 0 Å². The third-order valence-electron chi connectivity index (χ3n) is 3.05. The highest BCUT2D eigenvalue weighted by Gasteiger charge is 2.17. The molecule has 106 valence electrons. The summed E-state index contributed by atoms with van der Waals surface area (Å²) in [5.41, 5.74) is 1.99. The van der Waals surface area contributed by atoms with Gasteiger partial charge in [-0.05, 0) is 37.5 Å². The molecule has 0 aliphatic carbocycles. The van der Waals surface area contributed by atoms with E-state index in [0.29, 0.717) is 30.4 Å². The van der Waals surface area contributed by atoms with Gasteiger partial charge < -0.3 is 15.2 Å². The Balaban J connectivity index is 2.94. The average Bonchev–Trinajstić information content (AvgIpc) is 2.33. The van der Waals surface area contributed by atoms with Crippen LogP contribution in [0.4, 0.5) is 5.69 Å². The second-order valence-corrected chi connectivity index (χ2v) is 5.01. The number of hydrogen-bond donors (Lipinski definition) is 2. The van der Waals surface area contributed by atoms with Crippen molar-refractivity contribution in [2.75, 3.05) is 18.5 Å². The number of anilines is 1. The maximum atomic E-state index is 11.2. The van der Waals surface area contributed by atoms with Gasteiger partial charge in [-0.15, -0.1) is 0 Å². The second kappa shape index (κ2) is 7.14. The second-order valence-electron chi connectivity index (χ2n) is 5.01. The van der Waals surface area contributed by atoms with Crippen LogP contribution in [0, 0.1) is 12.8 Å². The third kappa shape index (κ3) is 4.56. The molecule has 4 heteroatoms. The molecule has 0 radical (unpaired) electrons. The molecular formula is C15H23NO3. The standard InChI is InChI=1S/C15H23NO3/c1-5-19-9-14(10(2)3)16-13-8-11(4)6-7-12(13)15(17)18/h6-8,10,14,16H,5,9H2,1-4H3,(H,17,18). The van der Waals surface area contributed by atoms with Crippen molar-refractivity contribution in [1.29, 1.82) is 0 Å². The normalized spacial score (nSPS) is 12.5. The molecule has 0 saturated heterocycles. The fourth-order valence-corrected chi connectivity index (χ4v) is 1.81. The Hall–Kier alpha value is -1.55. The molecule has 0 bridgehead atoms. The molecule has 1 aromatic rings. The summed E-state index contributed by atoms with van der Waals surface area (Å²) >= 11 is 0. The maximum Gasteiger partial charge on any atom is 0.337 e. The molecule has 0 spiro atoms. The van der Waals surface area contributed by atoms with Gasteiger partial charge >= 0.3 is 5.97 Å². The molecule has 1 unspecified atom stereocenters. The average molecular weight is 265 g/mol. The Bertz CT molecular complexity index is 429. The number of aryl methyl sites for hydroxylation is 1. The van der Waals surface area contributed by atoms with Crippen molar-refractivity contribution in [3.05, 3.63) is 29.3 Å². The Kier molecular flexibility index (Phi) is 5.83. The SMILES string of the molecule is CCOCC(Nc1cc(C)ccc1C(=O)O)C(C)C. The number of hydrogen-bond acceptors (Lipinski definition) is 3. The lowest BCUT2D eigenvalue weighted by molar-refractivity contribution is 0.0697. The fraction of sp³-hybridized carbons (Fsp3) is 0.533. The number of benzene rings is 1.